The number of halogens is 2. The number of piperidine rings is 1. The number of likely N-dealkylation sites (tertiary alicyclic amines) is 1. The zero-order valence-corrected chi connectivity index (χ0v) is 20.9. The van der Waals surface area contributed by atoms with Gasteiger partial charge < -0.3 is 9.80 Å². The first-order valence-electron chi connectivity index (χ1n) is 12.7. The Labute approximate surface area is 217 Å². The fraction of sp³-hybridized carbons (Fsp3) is 0.407. The first-order chi connectivity index (χ1) is 18.4. The predicted octanol–water partition coefficient (Wildman–Crippen LogP) is 2.30. The molecule has 0 bridgehead atoms. The highest BCUT2D eigenvalue weighted by Crippen LogP contribution is 2.20. The average molecular weight is 526 g/mol. The van der Waals surface area contributed by atoms with Crippen LogP contribution in [0.15, 0.2) is 47.3 Å². The second-order valence-electron chi connectivity index (χ2n) is 9.77. The van der Waals surface area contributed by atoms with Crippen LogP contribution in [0.5, 0.6) is 0 Å². The zero-order chi connectivity index (χ0) is 26.6. The van der Waals surface area contributed by atoms with Crippen molar-refractivity contribution in [3.63, 3.8) is 0 Å². The number of fused-ring (bicyclic) bond motifs is 1. The molecule has 1 aromatic heterocycles. The summed E-state index contributed by atoms with van der Waals surface area (Å²) in [6.45, 7) is 2.78. The van der Waals surface area contributed by atoms with Crippen LogP contribution in [0.1, 0.15) is 34.5 Å². The van der Waals surface area contributed by atoms with Crippen molar-refractivity contribution in [2.24, 2.45) is 0 Å². The Morgan fingerprint density at radius 3 is 2.37 bits per heavy atom. The van der Waals surface area contributed by atoms with Gasteiger partial charge in [0.25, 0.3) is 11.5 Å². The lowest BCUT2D eigenvalue weighted by Crippen LogP contribution is -2.53. The molecule has 3 heterocycles. The monoisotopic (exact) mass is 525 g/mol. The maximum atomic E-state index is 14.7. The van der Waals surface area contributed by atoms with E-state index in [1.165, 1.54) is 12.1 Å². The molecule has 2 aromatic carbocycles. The second-order valence-corrected chi connectivity index (χ2v) is 9.77. The fourth-order valence-corrected chi connectivity index (χ4v) is 5.12. The van der Waals surface area contributed by atoms with E-state index in [0.29, 0.717) is 80.6 Å². The molecular formula is C27H29F2N5O4. The molecule has 2 aliphatic rings. The smallest absolute Gasteiger partial charge is 0.272 e. The summed E-state index contributed by atoms with van der Waals surface area (Å²) in [5.41, 5.74) is 0.996. The van der Waals surface area contributed by atoms with Gasteiger partial charge in [-0.05, 0) is 41.1 Å². The van der Waals surface area contributed by atoms with Crippen LogP contribution in [-0.4, -0.2) is 88.6 Å². The molecular weight excluding hydrogens is 496 g/mol. The van der Waals surface area contributed by atoms with Crippen molar-refractivity contribution in [3.05, 3.63) is 75.5 Å². The van der Waals surface area contributed by atoms with Gasteiger partial charge in [-0.25, -0.2) is 9.49 Å². The molecule has 3 aromatic rings. The maximum Gasteiger partial charge on any atom is 0.272 e. The number of amides is 2. The molecule has 5 rings (SSSR count). The molecule has 11 heteroatoms. The maximum absolute atomic E-state index is 14.7. The largest absolute Gasteiger partial charge is 0.338 e. The quantitative estimate of drug-likeness (QED) is 0.531. The first-order valence-corrected chi connectivity index (χ1v) is 12.7. The summed E-state index contributed by atoms with van der Waals surface area (Å²) < 4.78 is 27.1. The molecule has 0 radical (unpaired) electrons. The molecule has 2 amide bonds. The summed E-state index contributed by atoms with van der Waals surface area (Å²) in [4.78, 5) is 47.2. The van der Waals surface area contributed by atoms with Crippen LogP contribution >= 0.6 is 0 Å². The van der Waals surface area contributed by atoms with E-state index in [0.717, 1.165) is 0 Å². The van der Waals surface area contributed by atoms with E-state index in [1.54, 1.807) is 28.0 Å². The summed E-state index contributed by atoms with van der Waals surface area (Å²) >= 11 is 0. The number of rotatable bonds is 6. The highest BCUT2D eigenvalue weighted by molar-refractivity contribution is 5.95. The zero-order valence-electron chi connectivity index (χ0n) is 20.9. The first kappa shape index (κ1) is 25.9. The van der Waals surface area contributed by atoms with E-state index < -0.39 is 17.8 Å². The van der Waals surface area contributed by atoms with Crippen molar-refractivity contribution in [1.82, 2.24) is 24.9 Å². The Balaban J connectivity index is 1.21. The highest BCUT2D eigenvalue weighted by atomic mass is 19.3. The van der Waals surface area contributed by atoms with Gasteiger partial charge >= 0.3 is 0 Å². The number of nitrogens with one attached hydrogen (secondary N) is 1. The van der Waals surface area contributed by atoms with Crippen LogP contribution in [0.4, 0.5) is 8.92 Å². The Morgan fingerprint density at radius 2 is 1.66 bits per heavy atom. The van der Waals surface area contributed by atoms with E-state index in [1.807, 2.05) is 17.0 Å². The Morgan fingerprint density at radius 1 is 0.974 bits per heavy atom. The molecule has 2 saturated heterocycles. The van der Waals surface area contributed by atoms with Gasteiger partial charge in [-0.15, -0.1) is 0 Å². The van der Waals surface area contributed by atoms with Gasteiger partial charge in [0.1, 0.15) is 11.9 Å². The van der Waals surface area contributed by atoms with Gasteiger partial charge in [0.05, 0.1) is 23.2 Å². The molecule has 2 aliphatic heterocycles. The van der Waals surface area contributed by atoms with E-state index >= 15 is 0 Å². The van der Waals surface area contributed by atoms with Crippen LogP contribution in [0.3, 0.4) is 0 Å². The number of aromatic amines is 1. The number of piperazine rings is 1. The van der Waals surface area contributed by atoms with Gasteiger partial charge in [-0.1, -0.05) is 24.3 Å². The lowest BCUT2D eigenvalue weighted by Gasteiger charge is -2.36. The number of aromatic nitrogens is 2. The number of carbonyl (C=O) groups excluding carboxylic acids is 2. The topological polar surface area (TPSA) is 98.8 Å². The Bertz CT molecular complexity index is 1380. The summed E-state index contributed by atoms with van der Waals surface area (Å²) in [5, 5.41) is 7.89. The lowest BCUT2D eigenvalue weighted by molar-refractivity contribution is -0.191. The van der Waals surface area contributed by atoms with Crippen LogP contribution in [0.25, 0.3) is 10.8 Å². The average Bonchev–Trinajstić information content (AvgIpc) is 2.96. The summed E-state index contributed by atoms with van der Waals surface area (Å²) in [6, 6.07) is 11.5. The van der Waals surface area contributed by atoms with Crippen molar-refractivity contribution in [2.45, 2.75) is 25.4 Å². The minimum Gasteiger partial charge on any atom is -0.338 e. The number of hydrogen-bond donors (Lipinski definition) is 1. The Hall–Kier alpha value is -3.70. The van der Waals surface area contributed by atoms with Crippen LogP contribution < -0.4 is 5.56 Å². The Kier molecular flexibility index (Phi) is 7.75. The molecule has 1 N–H and O–H groups in total. The van der Waals surface area contributed by atoms with E-state index in [2.05, 4.69) is 15.1 Å². The van der Waals surface area contributed by atoms with Crippen molar-refractivity contribution in [1.29, 1.82) is 0 Å². The van der Waals surface area contributed by atoms with Crippen molar-refractivity contribution < 1.29 is 23.4 Å². The van der Waals surface area contributed by atoms with Crippen molar-refractivity contribution in [3.8, 4) is 0 Å². The van der Waals surface area contributed by atoms with E-state index in [9.17, 15) is 23.3 Å². The van der Waals surface area contributed by atoms with Crippen LogP contribution in [-0.2, 0) is 16.2 Å². The minimum atomic E-state index is -0.614. The summed E-state index contributed by atoms with van der Waals surface area (Å²) in [5.74, 6) is -1.08. The van der Waals surface area contributed by atoms with Gasteiger partial charge in [-0.3, -0.25) is 19.3 Å². The van der Waals surface area contributed by atoms with E-state index in [4.69, 9.17) is 0 Å². The van der Waals surface area contributed by atoms with Crippen molar-refractivity contribution in [2.75, 3.05) is 45.8 Å². The predicted molar refractivity (Wildman–Crippen MR) is 136 cm³/mol. The fourth-order valence-electron chi connectivity index (χ4n) is 5.12. The second kappa shape index (κ2) is 11.4. The standard InChI is InChI=1S/C27H29F2N5O4/c28-23-6-5-18(16-24-20-3-1-2-4-21(20)26(36)31-30-24)15-22(23)27(37)34-13-11-33(12-14-34)25(35)17-32-9-7-19(38-29)8-10-32/h1-6,15,19H,7-14,16-17H2,(H,31,36). The number of carbonyl (C=O) groups is 2. The van der Waals surface area contributed by atoms with Gasteiger partial charge in [0, 0.05) is 51.1 Å². The SMILES string of the molecule is O=C(CN1CCC(OF)CC1)N1CCN(C(=O)c2cc(Cc3n[nH]c(=O)c4ccccc34)ccc2F)CC1. The van der Waals surface area contributed by atoms with Crippen LogP contribution in [0, 0.1) is 5.82 Å². The van der Waals surface area contributed by atoms with Gasteiger partial charge in [0.2, 0.25) is 5.91 Å². The molecule has 0 unspecified atom stereocenters. The number of benzene rings is 2. The third-order valence-corrected chi connectivity index (χ3v) is 7.35. The molecule has 0 spiro atoms. The van der Waals surface area contributed by atoms with Crippen molar-refractivity contribution >= 4 is 22.6 Å². The number of hydrogen-bond acceptors (Lipinski definition) is 6. The van der Waals surface area contributed by atoms with Gasteiger partial charge in [-0.2, -0.15) is 10.0 Å². The third kappa shape index (κ3) is 5.58. The normalized spacial score (nSPS) is 17.2. The molecule has 0 aliphatic carbocycles. The summed E-state index contributed by atoms with van der Waals surface area (Å²) in [6.07, 6.45) is 1.01. The minimum absolute atomic E-state index is 0.0334. The molecule has 0 saturated carbocycles. The molecule has 0 atom stereocenters. The molecule has 38 heavy (non-hydrogen) atoms. The number of H-pyrrole nitrogens is 1. The third-order valence-electron chi connectivity index (χ3n) is 7.35. The molecule has 9 nitrogen and oxygen atoms in total. The van der Waals surface area contributed by atoms with Crippen LogP contribution in [0.2, 0.25) is 0 Å². The van der Waals surface area contributed by atoms with Gasteiger partial charge in [0.15, 0.2) is 0 Å². The van der Waals surface area contributed by atoms with E-state index in [-0.39, 0.29) is 23.6 Å². The summed E-state index contributed by atoms with van der Waals surface area (Å²) in [7, 11) is 0. The molecule has 2 fully saturated rings. The number of nitrogens with zero attached hydrogens (tertiary/aromatic N) is 4. The molecule has 200 valence electrons. The highest BCUT2D eigenvalue weighted by Gasteiger charge is 2.28. The lowest BCUT2D eigenvalue weighted by atomic mass is 10.0.